The first kappa shape index (κ1) is 12.7. The van der Waals surface area contributed by atoms with Gasteiger partial charge in [0.05, 0.1) is 6.61 Å². The zero-order valence-electron chi connectivity index (χ0n) is 9.80. The van der Waals surface area contributed by atoms with Gasteiger partial charge in [0, 0.05) is 12.8 Å². The quantitative estimate of drug-likeness (QED) is 0.519. The maximum absolute atomic E-state index is 5.50. The molecule has 0 aromatic rings. The lowest BCUT2D eigenvalue weighted by Gasteiger charge is -2.14. The van der Waals surface area contributed by atoms with Gasteiger partial charge >= 0.3 is 0 Å². The van der Waals surface area contributed by atoms with Crippen molar-refractivity contribution in [1.29, 1.82) is 0 Å². The van der Waals surface area contributed by atoms with Crippen LogP contribution in [0.15, 0.2) is 0 Å². The van der Waals surface area contributed by atoms with Crippen LogP contribution in [0.4, 0.5) is 0 Å². The second-order valence-corrected chi connectivity index (χ2v) is 3.95. The fourth-order valence-electron chi connectivity index (χ4n) is 1.26. The lowest BCUT2D eigenvalue weighted by atomic mass is 10.2. The molecule has 1 heterocycles. The van der Waals surface area contributed by atoms with Crippen molar-refractivity contribution in [3.8, 4) is 36.0 Å². The molecule has 0 saturated carbocycles. The van der Waals surface area contributed by atoms with Crippen LogP contribution in [0.2, 0.25) is 0 Å². The Morgan fingerprint density at radius 1 is 1.31 bits per heavy atom. The summed E-state index contributed by atoms with van der Waals surface area (Å²) in [5, 5.41) is 0. The molecule has 1 fully saturated rings. The van der Waals surface area contributed by atoms with Gasteiger partial charge in [-0.15, -0.1) is 12.3 Å². The van der Waals surface area contributed by atoms with Crippen LogP contribution in [0.3, 0.4) is 0 Å². The van der Waals surface area contributed by atoms with Crippen LogP contribution in [0.1, 0.15) is 33.1 Å². The molecule has 1 rings (SSSR count). The third kappa shape index (κ3) is 4.90. The second-order valence-electron chi connectivity index (χ2n) is 3.95. The van der Waals surface area contributed by atoms with E-state index in [9.17, 15) is 0 Å². The van der Waals surface area contributed by atoms with Crippen LogP contribution in [0.5, 0.6) is 0 Å². The molecule has 16 heavy (non-hydrogen) atoms. The molecular weight excluding hydrogens is 200 g/mol. The van der Waals surface area contributed by atoms with Crippen molar-refractivity contribution in [1.82, 2.24) is 0 Å². The Labute approximate surface area is 97.7 Å². The van der Waals surface area contributed by atoms with Crippen LogP contribution in [-0.2, 0) is 9.47 Å². The maximum Gasteiger partial charge on any atom is 0.164 e. The van der Waals surface area contributed by atoms with Crippen LogP contribution in [-0.4, -0.2) is 18.5 Å². The minimum absolute atomic E-state index is 0.157. The number of hydrogen-bond acceptors (Lipinski definition) is 2. The van der Waals surface area contributed by atoms with Crippen LogP contribution in [0.25, 0.3) is 0 Å². The zero-order chi connectivity index (χ0) is 11.9. The average Bonchev–Trinajstić information content (AvgIpc) is 2.57. The molecule has 0 N–H and O–H groups in total. The predicted octanol–water partition coefficient (Wildman–Crippen LogP) is 1.95. The summed E-state index contributed by atoms with van der Waals surface area (Å²) >= 11 is 0. The SMILES string of the molecule is C#CCCCC#CC#C[C@H]1COC(C)(C)O1. The molecule has 0 radical (unpaired) electrons. The van der Waals surface area contributed by atoms with Gasteiger partial charge in [-0.05, 0) is 32.1 Å². The highest BCUT2D eigenvalue weighted by Crippen LogP contribution is 2.21. The summed E-state index contributed by atoms with van der Waals surface area (Å²) in [6, 6.07) is 0. The lowest BCUT2D eigenvalue weighted by molar-refractivity contribution is -0.132. The molecular formula is C14H16O2. The summed E-state index contributed by atoms with van der Waals surface area (Å²) in [6.45, 7) is 4.26. The topological polar surface area (TPSA) is 18.5 Å². The molecule has 0 aliphatic carbocycles. The number of rotatable bonds is 2. The number of terminal acetylenes is 1. The smallest absolute Gasteiger partial charge is 0.164 e. The van der Waals surface area contributed by atoms with Crippen LogP contribution in [0, 0.1) is 36.0 Å². The summed E-state index contributed by atoms with van der Waals surface area (Å²) in [5.74, 6) is 13.5. The molecule has 1 atom stereocenters. The Morgan fingerprint density at radius 2 is 2.12 bits per heavy atom. The fraction of sp³-hybridized carbons (Fsp3) is 0.571. The minimum Gasteiger partial charge on any atom is -0.347 e. The summed E-state index contributed by atoms with van der Waals surface area (Å²) in [7, 11) is 0. The largest absolute Gasteiger partial charge is 0.347 e. The van der Waals surface area contributed by atoms with Crippen molar-refractivity contribution in [3.63, 3.8) is 0 Å². The molecule has 0 spiro atoms. The fourth-order valence-corrected chi connectivity index (χ4v) is 1.26. The number of hydrogen-bond donors (Lipinski definition) is 0. The van der Waals surface area contributed by atoms with Gasteiger partial charge in [-0.3, -0.25) is 0 Å². The highest BCUT2D eigenvalue weighted by Gasteiger charge is 2.31. The highest BCUT2D eigenvalue weighted by atomic mass is 16.7. The molecule has 0 amide bonds. The first-order valence-electron chi connectivity index (χ1n) is 5.38. The van der Waals surface area contributed by atoms with Crippen molar-refractivity contribution in [2.24, 2.45) is 0 Å². The number of ether oxygens (including phenoxy) is 2. The Hall–Kier alpha value is -1.40. The molecule has 0 unspecified atom stereocenters. The third-order valence-corrected chi connectivity index (χ3v) is 2.02. The Morgan fingerprint density at radius 3 is 2.75 bits per heavy atom. The van der Waals surface area contributed by atoms with Gasteiger partial charge in [-0.1, -0.05) is 11.8 Å². The lowest BCUT2D eigenvalue weighted by Crippen LogP contribution is -2.20. The first-order chi connectivity index (χ1) is 7.64. The van der Waals surface area contributed by atoms with E-state index in [4.69, 9.17) is 15.9 Å². The highest BCUT2D eigenvalue weighted by molar-refractivity contribution is 5.27. The standard InChI is InChI=1S/C14H16O2/c1-4-5-6-7-8-9-10-11-13-12-15-14(2,3)16-13/h1,13H,5-7,12H2,2-3H3/t13-/m0/s1. The summed E-state index contributed by atoms with van der Waals surface area (Å²) in [4.78, 5) is 0. The van der Waals surface area contributed by atoms with E-state index < -0.39 is 5.79 Å². The van der Waals surface area contributed by atoms with Gasteiger partial charge in [0.1, 0.15) is 6.10 Å². The molecule has 1 aliphatic heterocycles. The van der Waals surface area contributed by atoms with Crippen molar-refractivity contribution in [2.75, 3.05) is 6.61 Å². The first-order valence-corrected chi connectivity index (χ1v) is 5.38. The van der Waals surface area contributed by atoms with Gasteiger partial charge in [0.15, 0.2) is 5.79 Å². The van der Waals surface area contributed by atoms with E-state index in [0.29, 0.717) is 6.61 Å². The second kappa shape index (κ2) is 6.24. The molecule has 84 valence electrons. The zero-order valence-corrected chi connectivity index (χ0v) is 9.80. The van der Waals surface area contributed by atoms with E-state index in [0.717, 1.165) is 19.3 Å². The predicted molar refractivity (Wildman–Crippen MR) is 63.1 cm³/mol. The van der Waals surface area contributed by atoms with Crippen LogP contribution < -0.4 is 0 Å². The molecule has 0 aromatic carbocycles. The van der Waals surface area contributed by atoms with Crippen molar-refractivity contribution in [3.05, 3.63) is 0 Å². The third-order valence-electron chi connectivity index (χ3n) is 2.02. The summed E-state index contributed by atoms with van der Waals surface area (Å²) in [6.07, 6.45) is 7.47. The molecule has 2 heteroatoms. The van der Waals surface area contributed by atoms with E-state index in [1.165, 1.54) is 0 Å². The monoisotopic (exact) mass is 216 g/mol. The van der Waals surface area contributed by atoms with Crippen molar-refractivity contribution < 1.29 is 9.47 Å². The van der Waals surface area contributed by atoms with E-state index in [1.54, 1.807) is 0 Å². The summed E-state index contributed by atoms with van der Waals surface area (Å²) in [5.41, 5.74) is 0. The van der Waals surface area contributed by atoms with Gasteiger partial charge in [0.25, 0.3) is 0 Å². The molecule has 1 saturated heterocycles. The van der Waals surface area contributed by atoms with E-state index in [-0.39, 0.29) is 6.10 Å². The molecule has 2 nitrogen and oxygen atoms in total. The molecule has 0 bridgehead atoms. The van der Waals surface area contributed by atoms with E-state index >= 15 is 0 Å². The van der Waals surface area contributed by atoms with E-state index in [2.05, 4.69) is 29.6 Å². The summed E-state index contributed by atoms with van der Waals surface area (Å²) < 4.78 is 10.9. The molecule has 1 aliphatic rings. The normalized spacial score (nSPS) is 21.2. The Balaban J connectivity index is 2.26. The molecule has 0 aromatic heterocycles. The average molecular weight is 216 g/mol. The van der Waals surface area contributed by atoms with Gasteiger partial charge < -0.3 is 9.47 Å². The van der Waals surface area contributed by atoms with Crippen LogP contribution >= 0.6 is 0 Å². The van der Waals surface area contributed by atoms with E-state index in [1.807, 2.05) is 13.8 Å². The maximum atomic E-state index is 5.50. The minimum atomic E-state index is -0.514. The van der Waals surface area contributed by atoms with Gasteiger partial charge in [-0.25, -0.2) is 0 Å². The van der Waals surface area contributed by atoms with Crippen molar-refractivity contribution in [2.45, 2.75) is 45.0 Å². The Bertz CT molecular complexity index is 379. The number of unbranched alkanes of at least 4 members (excludes halogenated alkanes) is 2. The Kier molecular flexibility index (Phi) is 4.94. The van der Waals surface area contributed by atoms with Gasteiger partial charge in [0.2, 0.25) is 0 Å². The van der Waals surface area contributed by atoms with Gasteiger partial charge in [-0.2, -0.15) is 0 Å². The van der Waals surface area contributed by atoms with Crippen molar-refractivity contribution >= 4 is 0 Å².